The van der Waals surface area contributed by atoms with Gasteiger partial charge in [-0.2, -0.15) is 0 Å². The molecule has 4 nitrogen and oxygen atoms in total. The predicted molar refractivity (Wildman–Crippen MR) is 205 cm³/mol. The zero-order valence-electron chi connectivity index (χ0n) is 26.2. The number of fused-ring (bicyclic) bond motifs is 8. The first kappa shape index (κ1) is 27.8. The number of aromatic nitrogens is 4. The van der Waals surface area contributed by atoms with Gasteiger partial charge in [-0.3, -0.25) is 4.98 Å². The minimum atomic E-state index is 0.643. The summed E-state index contributed by atoms with van der Waals surface area (Å²) in [6.07, 6.45) is 3.82. The quantitative estimate of drug-likeness (QED) is 0.179. The summed E-state index contributed by atoms with van der Waals surface area (Å²) >= 11 is 1.80. The fourth-order valence-electron chi connectivity index (χ4n) is 7.21. The molecule has 0 N–H and O–H groups in total. The molecule has 228 valence electrons. The van der Waals surface area contributed by atoms with Crippen molar-refractivity contribution in [3.63, 3.8) is 0 Å². The van der Waals surface area contributed by atoms with Crippen LogP contribution in [0.3, 0.4) is 0 Å². The molecule has 0 aliphatic heterocycles. The smallest absolute Gasteiger partial charge is 0.164 e. The molecule has 0 unspecified atom stereocenters. The van der Waals surface area contributed by atoms with Gasteiger partial charge in [0.15, 0.2) is 17.5 Å². The van der Waals surface area contributed by atoms with Gasteiger partial charge in [-0.05, 0) is 62.3 Å². The molecule has 0 saturated heterocycles. The van der Waals surface area contributed by atoms with Gasteiger partial charge in [0.05, 0.1) is 0 Å². The fraction of sp³-hybridized carbons (Fsp3) is 0. The first-order valence-electron chi connectivity index (χ1n) is 16.3. The van der Waals surface area contributed by atoms with Crippen molar-refractivity contribution < 1.29 is 0 Å². The summed E-state index contributed by atoms with van der Waals surface area (Å²) in [7, 11) is 0. The van der Waals surface area contributed by atoms with Crippen molar-refractivity contribution in [2.45, 2.75) is 0 Å². The van der Waals surface area contributed by atoms with Gasteiger partial charge in [0.25, 0.3) is 0 Å². The minimum absolute atomic E-state index is 0.643. The number of thiophene rings is 1. The molecule has 0 fully saturated rings. The fourth-order valence-corrected chi connectivity index (χ4v) is 8.34. The lowest BCUT2D eigenvalue weighted by Gasteiger charge is -2.16. The molecule has 0 spiro atoms. The van der Waals surface area contributed by atoms with Crippen LogP contribution in [0.25, 0.3) is 97.8 Å². The number of pyridine rings is 1. The number of benzene rings is 7. The molecule has 5 heteroatoms. The molecular weight excluding hydrogens is 617 g/mol. The zero-order chi connectivity index (χ0) is 32.3. The van der Waals surface area contributed by atoms with E-state index in [9.17, 15) is 0 Å². The average Bonchev–Trinajstić information content (AvgIpc) is 3.56. The first-order valence-corrected chi connectivity index (χ1v) is 17.1. The Balaban J connectivity index is 1.25. The lowest BCUT2D eigenvalue weighted by atomic mass is 9.89. The number of hydrogen-bond donors (Lipinski definition) is 0. The Morgan fingerprint density at radius 3 is 1.92 bits per heavy atom. The summed E-state index contributed by atoms with van der Waals surface area (Å²) < 4.78 is 2.47. The lowest BCUT2D eigenvalue weighted by Crippen LogP contribution is -2.01. The van der Waals surface area contributed by atoms with Crippen LogP contribution in [-0.2, 0) is 0 Å². The van der Waals surface area contributed by atoms with Crippen LogP contribution in [0.1, 0.15) is 0 Å². The van der Waals surface area contributed by atoms with Crippen molar-refractivity contribution in [3.8, 4) is 45.3 Å². The van der Waals surface area contributed by atoms with Gasteiger partial charge in [-0.1, -0.05) is 121 Å². The largest absolute Gasteiger partial charge is 0.264 e. The maximum atomic E-state index is 5.28. The molecule has 0 saturated carbocycles. The van der Waals surface area contributed by atoms with Gasteiger partial charge in [0.2, 0.25) is 0 Å². The molecule has 3 aromatic heterocycles. The Labute approximate surface area is 286 Å². The zero-order valence-corrected chi connectivity index (χ0v) is 27.0. The van der Waals surface area contributed by atoms with E-state index in [1.807, 2.05) is 30.6 Å². The van der Waals surface area contributed by atoms with Gasteiger partial charge in [0, 0.05) is 54.6 Å². The van der Waals surface area contributed by atoms with Crippen LogP contribution in [0.2, 0.25) is 0 Å². The molecular formula is C44H26N4S. The monoisotopic (exact) mass is 642 g/mol. The number of rotatable bonds is 4. The van der Waals surface area contributed by atoms with Crippen LogP contribution in [0, 0.1) is 0 Å². The Kier molecular flexibility index (Phi) is 6.32. The topological polar surface area (TPSA) is 51.6 Å². The van der Waals surface area contributed by atoms with Gasteiger partial charge in [-0.25, -0.2) is 15.0 Å². The van der Waals surface area contributed by atoms with Crippen molar-refractivity contribution in [1.82, 2.24) is 19.9 Å². The van der Waals surface area contributed by atoms with Crippen molar-refractivity contribution in [2.75, 3.05) is 0 Å². The summed E-state index contributed by atoms with van der Waals surface area (Å²) in [6.45, 7) is 0. The van der Waals surface area contributed by atoms with E-state index >= 15 is 0 Å². The average molecular weight is 643 g/mol. The maximum Gasteiger partial charge on any atom is 0.164 e. The molecule has 7 aromatic carbocycles. The van der Waals surface area contributed by atoms with Crippen LogP contribution in [0.5, 0.6) is 0 Å². The number of nitrogens with zero attached hydrogens (tertiary/aromatic N) is 4. The van der Waals surface area contributed by atoms with Gasteiger partial charge in [0.1, 0.15) is 0 Å². The summed E-state index contributed by atoms with van der Waals surface area (Å²) in [4.78, 5) is 20.0. The van der Waals surface area contributed by atoms with Gasteiger partial charge < -0.3 is 0 Å². The normalized spacial score (nSPS) is 11.7. The van der Waals surface area contributed by atoms with E-state index in [-0.39, 0.29) is 0 Å². The molecule has 0 amide bonds. The van der Waals surface area contributed by atoms with Crippen molar-refractivity contribution in [3.05, 3.63) is 158 Å². The molecule has 0 aliphatic rings. The second kappa shape index (κ2) is 11.2. The van der Waals surface area contributed by atoms with Gasteiger partial charge in [-0.15, -0.1) is 11.3 Å². The van der Waals surface area contributed by atoms with E-state index in [1.54, 1.807) is 11.3 Å². The van der Waals surface area contributed by atoms with Crippen molar-refractivity contribution >= 4 is 63.8 Å². The second-order valence-corrected chi connectivity index (χ2v) is 13.3. The Hall–Kier alpha value is -6.30. The standard InChI is InChI=1S/C44H26N4S/c1-2-11-27(12-3-1)42-46-43(48-44(47-42)36-18-10-20-39-41(36)35-17-8-9-19-38(35)49-39)34-16-7-5-14-32(34)37-25-28-21-22-29-26-45-24-23-30(29)40(28)33-15-6-4-13-31(33)37/h1-26H. The highest BCUT2D eigenvalue weighted by molar-refractivity contribution is 7.25. The number of hydrogen-bond acceptors (Lipinski definition) is 5. The molecule has 0 radical (unpaired) electrons. The summed E-state index contributed by atoms with van der Waals surface area (Å²) in [6, 6.07) is 51.2. The van der Waals surface area contributed by atoms with Crippen LogP contribution >= 0.6 is 11.3 Å². The van der Waals surface area contributed by atoms with Crippen LogP contribution in [0.4, 0.5) is 0 Å². The maximum absolute atomic E-state index is 5.28. The third-order valence-corrected chi connectivity index (χ3v) is 10.5. The molecule has 0 aliphatic carbocycles. The van der Waals surface area contributed by atoms with Crippen molar-refractivity contribution in [1.29, 1.82) is 0 Å². The van der Waals surface area contributed by atoms with E-state index in [1.165, 1.54) is 47.1 Å². The van der Waals surface area contributed by atoms with Crippen LogP contribution in [0.15, 0.2) is 158 Å². The highest BCUT2D eigenvalue weighted by atomic mass is 32.1. The van der Waals surface area contributed by atoms with Crippen LogP contribution in [-0.4, -0.2) is 19.9 Å². The third-order valence-electron chi connectivity index (χ3n) is 9.41. The second-order valence-electron chi connectivity index (χ2n) is 12.2. The van der Waals surface area contributed by atoms with Gasteiger partial charge >= 0.3 is 0 Å². The Morgan fingerprint density at radius 2 is 1.04 bits per heavy atom. The summed E-state index contributed by atoms with van der Waals surface area (Å²) in [5.41, 5.74) is 5.13. The van der Waals surface area contributed by atoms with E-state index < -0.39 is 0 Å². The van der Waals surface area contributed by atoms with E-state index in [4.69, 9.17) is 15.0 Å². The molecule has 10 aromatic rings. The molecule has 49 heavy (non-hydrogen) atoms. The highest BCUT2D eigenvalue weighted by Crippen LogP contribution is 2.43. The third kappa shape index (κ3) is 4.51. The molecule has 10 rings (SSSR count). The predicted octanol–water partition coefficient (Wildman–Crippen LogP) is 11.8. The van der Waals surface area contributed by atoms with E-state index in [2.05, 4.69) is 132 Å². The lowest BCUT2D eigenvalue weighted by molar-refractivity contribution is 1.08. The molecule has 0 bridgehead atoms. The minimum Gasteiger partial charge on any atom is -0.264 e. The molecule has 0 atom stereocenters. The molecule has 3 heterocycles. The highest BCUT2D eigenvalue weighted by Gasteiger charge is 2.20. The summed E-state index contributed by atoms with van der Waals surface area (Å²) in [5, 5.41) is 9.53. The SMILES string of the molecule is c1ccc(-c2nc(-c3ccccc3-c3cc4ccc5cnccc5c4c4ccccc34)nc(-c3cccc4sc5ccccc5c34)n2)cc1. The Bertz CT molecular complexity index is 2890. The first-order chi connectivity index (χ1) is 24.3. The summed E-state index contributed by atoms with van der Waals surface area (Å²) in [5.74, 6) is 1.96. The van der Waals surface area contributed by atoms with Crippen molar-refractivity contribution in [2.24, 2.45) is 0 Å². The Morgan fingerprint density at radius 1 is 0.388 bits per heavy atom. The van der Waals surface area contributed by atoms with Crippen LogP contribution < -0.4 is 0 Å². The van der Waals surface area contributed by atoms with E-state index in [0.29, 0.717) is 17.5 Å². The van der Waals surface area contributed by atoms with E-state index in [0.717, 1.165) is 33.2 Å².